The highest BCUT2D eigenvalue weighted by molar-refractivity contribution is 5.55. The van der Waals surface area contributed by atoms with E-state index >= 15 is 0 Å². The first kappa shape index (κ1) is 16.9. The molecule has 0 N–H and O–H groups in total. The summed E-state index contributed by atoms with van der Waals surface area (Å²) in [5.74, 6) is -4.47. The molecule has 8 heteroatoms. The first-order chi connectivity index (χ1) is 11.8. The molecule has 0 fully saturated rings. The summed E-state index contributed by atoms with van der Waals surface area (Å²) in [6.45, 7) is 2.61. The van der Waals surface area contributed by atoms with Gasteiger partial charge in [-0.25, -0.2) is 4.39 Å². The molecule has 2 aromatic heterocycles. The third kappa shape index (κ3) is 3.96. The van der Waals surface area contributed by atoms with Crippen molar-refractivity contribution in [1.82, 2.24) is 15.1 Å². The van der Waals surface area contributed by atoms with Crippen molar-refractivity contribution >= 4 is 0 Å². The van der Waals surface area contributed by atoms with E-state index in [-0.39, 0.29) is 18.0 Å². The molecule has 0 bridgehead atoms. The maximum Gasteiger partial charge on any atom is 0.322 e. The van der Waals surface area contributed by atoms with Crippen molar-refractivity contribution < 1.29 is 22.4 Å². The fourth-order valence-electron chi connectivity index (χ4n) is 2.05. The summed E-state index contributed by atoms with van der Waals surface area (Å²) >= 11 is 0. The van der Waals surface area contributed by atoms with Crippen LogP contribution >= 0.6 is 0 Å². The second-order valence-corrected chi connectivity index (χ2v) is 5.55. The average Bonchev–Trinajstić information content (AvgIpc) is 3.04. The monoisotopic (exact) mass is 349 g/mol. The number of rotatable bonds is 5. The van der Waals surface area contributed by atoms with E-state index in [1.165, 1.54) is 12.1 Å². The summed E-state index contributed by atoms with van der Waals surface area (Å²) < 4.78 is 50.5. The van der Waals surface area contributed by atoms with Crippen LogP contribution in [0.5, 0.6) is 5.75 Å². The second kappa shape index (κ2) is 6.54. The largest absolute Gasteiger partial charge is 0.487 e. The van der Waals surface area contributed by atoms with E-state index < -0.39 is 17.6 Å². The van der Waals surface area contributed by atoms with Gasteiger partial charge in [-0.05, 0) is 36.8 Å². The third-order valence-electron chi connectivity index (χ3n) is 3.37. The Morgan fingerprint density at radius 3 is 2.60 bits per heavy atom. The zero-order valence-corrected chi connectivity index (χ0v) is 13.5. The number of hydrogen-bond donors (Lipinski definition) is 0. The highest BCUT2D eigenvalue weighted by atomic mass is 19.3. The maximum absolute atomic E-state index is 14.2. The lowest BCUT2D eigenvalue weighted by Gasteiger charge is -2.07. The third-order valence-corrected chi connectivity index (χ3v) is 3.37. The van der Waals surface area contributed by atoms with Crippen molar-refractivity contribution in [3.63, 3.8) is 0 Å². The zero-order chi connectivity index (χ0) is 18.0. The number of halogens is 3. The molecule has 5 nitrogen and oxygen atoms in total. The topological polar surface area (TPSA) is 61.0 Å². The molecular weight excluding hydrogens is 335 g/mol. The summed E-state index contributed by atoms with van der Waals surface area (Å²) in [5.41, 5.74) is 1.39. The minimum atomic E-state index is -3.28. The number of ether oxygens (including phenoxy) is 1. The quantitative estimate of drug-likeness (QED) is 0.688. The molecule has 25 heavy (non-hydrogen) atoms. The molecule has 0 unspecified atom stereocenters. The molecule has 0 amide bonds. The first-order valence-corrected chi connectivity index (χ1v) is 7.39. The number of pyridine rings is 1. The van der Waals surface area contributed by atoms with Crippen LogP contribution < -0.4 is 4.74 Å². The van der Waals surface area contributed by atoms with Crippen molar-refractivity contribution in [3.05, 3.63) is 59.5 Å². The smallest absolute Gasteiger partial charge is 0.322 e. The number of nitrogens with zero attached hydrogens (tertiary/aromatic N) is 3. The lowest BCUT2D eigenvalue weighted by atomic mass is 10.1. The van der Waals surface area contributed by atoms with Crippen molar-refractivity contribution in [2.24, 2.45) is 0 Å². The minimum Gasteiger partial charge on any atom is -0.487 e. The Balaban J connectivity index is 1.74. The van der Waals surface area contributed by atoms with E-state index in [9.17, 15) is 13.2 Å². The van der Waals surface area contributed by atoms with Gasteiger partial charge in [0.05, 0.1) is 11.8 Å². The number of aryl methyl sites for hydroxylation is 1. The predicted molar refractivity (Wildman–Crippen MR) is 82.6 cm³/mol. The predicted octanol–water partition coefficient (Wildman–Crippen LogP) is 4.27. The molecule has 0 spiro atoms. The van der Waals surface area contributed by atoms with E-state index in [1.807, 2.05) is 6.92 Å². The lowest BCUT2D eigenvalue weighted by Crippen LogP contribution is -2.07. The number of hydrogen-bond acceptors (Lipinski definition) is 5. The Kier molecular flexibility index (Phi) is 4.43. The Morgan fingerprint density at radius 1 is 1.20 bits per heavy atom. The van der Waals surface area contributed by atoms with Crippen LogP contribution in [0.3, 0.4) is 0 Å². The molecule has 3 rings (SSSR count). The lowest BCUT2D eigenvalue weighted by molar-refractivity contribution is -0.0158. The van der Waals surface area contributed by atoms with E-state index in [0.29, 0.717) is 18.2 Å². The maximum atomic E-state index is 14.2. The van der Waals surface area contributed by atoms with Gasteiger partial charge in [-0.15, -0.1) is 0 Å². The van der Waals surface area contributed by atoms with Crippen LogP contribution in [0.1, 0.15) is 24.1 Å². The van der Waals surface area contributed by atoms with Crippen LogP contribution in [0.25, 0.3) is 11.4 Å². The van der Waals surface area contributed by atoms with Gasteiger partial charge in [0.25, 0.3) is 5.89 Å². The van der Waals surface area contributed by atoms with Crippen LogP contribution in [0.4, 0.5) is 13.2 Å². The standard InChI is InChI=1S/C17H14F3N3O2/c1-10-3-5-12(8-21-10)24-9-11-4-6-13(14(18)7-11)15-22-16(25-23-15)17(2,19)20/h3-8H,9H2,1-2H3. The summed E-state index contributed by atoms with van der Waals surface area (Å²) in [6, 6.07) is 7.79. The summed E-state index contributed by atoms with van der Waals surface area (Å²) in [4.78, 5) is 7.63. The van der Waals surface area contributed by atoms with Crippen LogP contribution in [-0.4, -0.2) is 15.1 Å². The van der Waals surface area contributed by atoms with Crippen LogP contribution in [0.2, 0.25) is 0 Å². The Morgan fingerprint density at radius 2 is 2.00 bits per heavy atom. The SMILES string of the molecule is Cc1ccc(OCc2ccc(-c3noc(C(C)(F)F)n3)c(F)c2)cn1. The van der Waals surface area contributed by atoms with Crippen LogP contribution in [0, 0.1) is 12.7 Å². The zero-order valence-electron chi connectivity index (χ0n) is 13.5. The fraction of sp³-hybridized carbons (Fsp3) is 0.235. The van der Waals surface area contributed by atoms with Crippen molar-refractivity contribution in [3.8, 4) is 17.1 Å². The molecule has 2 heterocycles. The van der Waals surface area contributed by atoms with E-state index in [2.05, 4.69) is 19.6 Å². The molecule has 130 valence electrons. The summed E-state index contributed by atoms with van der Waals surface area (Å²) in [7, 11) is 0. The Bertz CT molecular complexity index is 874. The van der Waals surface area contributed by atoms with E-state index in [1.54, 1.807) is 24.4 Å². The number of benzene rings is 1. The molecule has 0 saturated heterocycles. The molecule has 0 aliphatic rings. The van der Waals surface area contributed by atoms with Crippen molar-refractivity contribution in [2.45, 2.75) is 26.4 Å². The van der Waals surface area contributed by atoms with Crippen molar-refractivity contribution in [1.29, 1.82) is 0 Å². The number of alkyl halides is 2. The van der Waals surface area contributed by atoms with E-state index in [0.717, 1.165) is 5.69 Å². The highest BCUT2D eigenvalue weighted by Gasteiger charge is 2.32. The second-order valence-electron chi connectivity index (χ2n) is 5.55. The summed E-state index contributed by atoms with van der Waals surface area (Å²) in [6.07, 6.45) is 1.58. The normalized spacial score (nSPS) is 11.6. The summed E-state index contributed by atoms with van der Waals surface area (Å²) in [5, 5.41) is 3.40. The molecule has 0 aliphatic heterocycles. The number of aromatic nitrogens is 3. The first-order valence-electron chi connectivity index (χ1n) is 7.39. The molecule has 3 aromatic rings. The molecular formula is C17H14F3N3O2. The van der Waals surface area contributed by atoms with Gasteiger partial charge in [-0.2, -0.15) is 13.8 Å². The highest BCUT2D eigenvalue weighted by Crippen LogP contribution is 2.28. The van der Waals surface area contributed by atoms with Gasteiger partial charge in [0.15, 0.2) is 0 Å². The molecule has 0 saturated carbocycles. The van der Waals surface area contributed by atoms with Gasteiger partial charge < -0.3 is 9.26 Å². The van der Waals surface area contributed by atoms with Gasteiger partial charge in [0.1, 0.15) is 18.2 Å². The van der Waals surface area contributed by atoms with Crippen LogP contribution in [-0.2, 0) is 12.5 Å². The molecule has 0 radical (unpaired) electrons. The van der Waals surface area contributed by atoms with Gasteiger partial charge in [-0.1, -0.05) is 11.2 Å². The Hall–Kier alpha value is -2.90. The fourth-order valence-corrected chi connectivity index (χ4v) is 2.05. The van der Waals surface area contributed by atoms with Gasteiger partial charge in [0, 0.05) is 12.6 Å². The average molecular weight is 349 g/mol. The van der Waals surface area contributed by atoms with Gasteiger partial charge >= 0.3 is 5.92 Å². The molecule has 1 aromatic carbocycles. The Labute approximate surface area is 141 Å². The molecule has 0 atom stereocenters. The molecule has 0 aliphatic carbocycles. The van der Waals surface area contributed by atoms with E-state index in [4.69, 9.17) is 4.74 Å². The van der Waals surface area contributed by atoms with Gasteiger partial charge in [-0.3, -0.25) is 4.98 Å². The van der Waals surface area contributed by atoms with Crippen LogP contribution in [0.15, 0.2) is 41.1 Å². The van der Waals surface area contributed by atoms with Gasteiger partial charge in [0.2, 0.25) is 5.82 Å². The van der Waals surface area contributed by atoms with Crippen molar-refractivity contribution in [2.75, 3.05) is 0 Å². The minimum absolute atomic E-state index is 0.0278.